The monoisotopic (exact) mass is 444 g/mol. The largest absolute Gasteiger partial charge is 0.386 e. The van der Waals surface area contributed by atoms with E-state index in [0.29, 0.717) is 11.1 Å². The molecule has 0 aliphatic heterocycles. The number of hydrogen-bond acceptors (Lipinski definition) is 5. The van der Waals surface area contributed by atoms with Crippen molar-refractivity contribution in [3.63, 3.8) is 0 Å². The standard InChI is InChI=1S/C16H11BrF2N2O2S2/c17-8-3-14(24-6-8)16-21-12(7-25-16)15(23)20-5-13(22)10-2-1-9(18)4-11(10)19/h1-4,6-7,13,22H,5H2,(H,20,23). The molecule has 1 aromatic carbocycles. The zero-order valence-electron chi connectivity index (χ0n) is 12.5. The highest BCUT2D eigenvalue weighted by Gasteiger charge is 2.17. The third kappa shape index (κ3) is 4.30. The zero-order chi connectivity index (χ0) is 18.0. The lowest BCUT2D eigenvalue weighted by Gasteiger charge is -2.12. The van der Waals surface area contributed by atoms with Gasteiger partial charge < -0.3 is 10.4 Å². The van der Waals surface area contributed by atoms with Crippen LogP contribution in [-0.4, -0.2) is 22.5 Å². The molecular weight excluding hydrogens is 434 g/mol. The first-order valence-electron chi connectivity index (χ1n) is 7.05. The van der Waals surface area contributed by atoms with E-state index in [2.05, 4.69) is 26.2 Å². The molecule has 2 heterocycles. The molecule has 1 atom stereocenters. The Kier molecular flexibility index (Phi) is 5.57. The van der Waals surface area contributed by atoms with Crippen LogP contribution in [0, 0.1) is 11.6 Å². The Morgan fingerprint density at radius 3 is 2.76 bits per heavy atom. The first-order chi connectivity index (χ1) is 11.9. The van der Waals surface area contributed by atoms with Gasteiger partial charge in [0, 0.05) is 33.4 Å². The lowest BCUT2D eigenvalue weighted by Crippen LogP contribution is -2.29. The molecule has 4 nitrogen and oxygen atoms in total. The molecule has 0 saturated heterocycles. The van der Waals surface area contributed by atoms with Crippen molar-refractivity contribution in [3.05, 3.63) is 62.4 Å². The van der Waals surface area contributed by atoms with E-state index in [1.807, 2.05) is 11.4 Å². The first kappa shape index (κ1) is 18.1. The molecule has 0 aliphatic rings. The van der Waals surface area contributed by atoms with E-state index in [1.165, 1.54) is 22.7 Å². The SMILES string of the molecule is O=C(NCC(O)c1ccc(F)cc1F)c1csc(-c2cc(Br)cs2)n1. The molecule has 1 amide bonds. The van der Waals surface area contributed by atoms with Crippen molar-refractivity contribution < 1.29 is 18.7 Å². The van der Waals surface area contributed by atoms with Gasteiger partial charge in [0.15, 0.2) is 0 Å². The topological polar surface area (TPSA) is 62.2 Å². The van der Waals surface area contributed by atoms with E-state index < -0.39 is 23.6 Å². The summed E-state index contributed by atoms with van der Waals surface area (Å²) in [5, 5.41) is 16.7. The van der Waals surface area contributed by atoms with Crippen molar-refractivity contribution in [2.75, 3.05) is 6.54 Å². The summed E-state index contributed by atoms with van der Waals surface area (Å²) in [4.78, 5) is 17.3. The number of aromatic nitrogens is 1. The van der Waals surface area contributed by atoms with Crippen LogP contribution in [0.25, 0.3) is 9.88 Å². The molecule has 0 bridgehead atoms. The van der Waals surface area contributed by atoms with Crippen LogP contribution in [0.5, 0.6) is 0 Å². The number of benzene rings is 1. The third-order valence-corrected chi connectivity index (χ3v) is 6.00. The quantitative estimate of drug-likeness (QED) is 0.613. The van der Waals surface area contributed by atoms with Crippen molar-refractivity contribution in [1.82, 2.24) is 10.3 Å². The molecular formula is C16H11BrF2N2O2S2. The molecule has 3 aromatic rings. The first-order valence-corrected chi connectivity index (χ1v) is 9.60. The number of aliphatic hydroxyl groups is 1. The fourth-order valence-electron chi connectivity index (χ4n) is 2.08. The van der Waals surface area contributed by atoms with Crippen molar-refractivity contribution in [2.24, 2.45) is 0 Å². The van der Waals surface area contributed by atoms with Crippen molar-refractivity contribution in [2.45, 2.75) is 6.10 Å². The van der Waals surface area contributed by atoms with Crippen molar-refractivity contribution in [3.8, 4) is 9.88 Å². The van der Waals surface area contributed by atoms with Crippen LogP contribution >= 0.6 is 38.6 Å². The number of aliphatic hydroxyl groups excluding tert-OH is 1. The lowest BCUT2D eigenvalue weighted by molar-refractivity contribution is 0.0910. The van der Waals surface area contributed by atoms with Crippen LogP contribution in [-0.2, 0) is 0 Å². The van der Waals surface area contributed by atoms with E-state index in [0.717, 1.165) is 21.5 Å². The van der Waals surface area contributed by atoms with Gasteiger partial charge in [0.1, 0.15) is 22.3 Å². The predicted molar refractivity (Wildman–Crippen MR) is 96.8 cm³/mol. The number of thiazole rings is 1. The molecule has 0 radical (unpaired) electrons. The second-order valence-corrected chi connectivity index (χ2v) is 7.74. The van der Waals surface area contributed by atoms with Crippen LogP contribution in [0.4, 0.5) is 8.78 Å². The summed E-state index contributed by atoms with van der Waals surface area (Å²) < 4.78 is 27.4. The van der Waals surface area contributed by atoms with E-state index in [9.17, 15) is 18.7 Å². The number of amides is 1. The summed E-state index contributed by atoms with van der Waals surface area (Å²) in [5.41, 5.74) is 0.139. The molecule has 0 fully saturated rings. The highest BCUT2D eigenvalue weighted by molar-refractivity contribution is 9.10. The Balaban J connectivity index is 1.63. The van der Waals surface area contributed by atoms with Gasteiger partial charge in [-0.2, -0.15) is 0 Å². The minimum atomic E-state index is -1.28. The van der Waals surface area contributed by atoms with Gasteiger partial charge in [-0.25, -0.2) is 13.8 Å². The molecule has 0 spiro atoms. The summed E-state index contributed by atoms with van der Waals surface area (Å²) in [7, 11) is 0. The number of nitrogens with zero attached hydrogens (tertiary/aromatic N) is 1. The van der Waals surface area contributed by atoms with Gasteiger partial charge in [0.05, 0.1) is 11.0 Å². The molecule has 0 aliphatic carbocycles. The van der Waals surface area contributed by atoms with Gasteiger partial charge >= 0.3 is 0 Å². The van der Waals surface area contributed by atoms with E-state index in [1.54, 1.807) is 5.38 Å². The smallest absolute Gasteiger partial charge is 0.270 e. The number of nitrogens with one attached hydrogen (secondary N) is 1. The van der Waals surface area contributed by atoms with Gasteiger partial charge in [-0.15, -0.1) is 22.7 Å². The summed E-state index contributed by atoms with van der Waals surface area (Å²) in [6, 6.07) is 4.80. The average molecular weight is 445 g/mol. The van der Waals surface area contributed by atoms with Gasteiger partial charge in [-0.05, 0) is 28.1 Å². The van der Waals surface area contributed by atoms with Crippen LogP contribution in [0.1, 0.15) is 22.2 Å². The number of thiophene rings is 1. The van der Waals surface area contributed by atoms with Crippen LogP contribution in [0.15, 0.2) is 39.5 Å². The second kappa shape index (κ2) is 7.69. The Labute approximate surface area is 158 Å². The average Bonchev–Trinajstić information content (AvgIpc) is 3.21. The van der Waals surface area contributed by atoms with E-state index in [-0.39, 0.29) is 17.8 Å². The Morgan fingerprint density at radius 1 is 1.28 bits per heavy atom. The molecule has 0 saturated carbocycles. The second-order valence-electron chi connectivity index (χ2n) is 5.06. The molecule has 2 aromatic heterocycles. The fraction of sp³-hybridized carbons (Fsp3) is 0.125. The maximum Gasteiger partial charge on any atom is 0.270 e. The molecule has 1 unspecified atom stereocenters. The maximum atomic E-state index is 13.6. The highest BCUT2D eigenvalue weighted by atomic mass is 79.9. The van der Waals surface area contributed by atoms with Gasteiger partial charge in [-0.1, -0.05) is 6.07 Å². The van der Waals surface area contributed by atoms with Crippen LogP contribution < -0.4 is 5.32 Å². The molecule has 25 heavy (non-hydrogen) atoms. The van der Waals surface area contributed by atoms with E-state index >= 15 is 0 Å². The van der Waals surface area contributed by atoms with Gasteiger partial charge in [0.25, 0.3) is 5.91 Å². The normalized spacial score (nSPS) is 12.2. The Morgan fingerprint density at radius 2 is 2.08 bits per heavy atom. The van der Waals surface area contributed by atoms with Gasteiger partial charge in [-0.3, -0.25) is 4.79 Å². The molecule has 2 N–H and O–H groups in total. The summed E-state index contributed by atoms with van der Waals surface area (Å²) in [6.07, 6.45) is -1.28. The van der Waals surface area contributed by atoms with Gasteiger partial charge in [0.2, 0.25) is 0 Å². The number of hydrogen-bond donors (Lipinski definition) is 2. The molecule has 3 rings (SSSR count). The van der Waals surface area contributed by atoms with Crippen molar-refractivity contribution in [1.29, 1.82) is 0 Å². The van der Waals surface area contributed by atoms with Crippen LogP contribution in [0.3, 0.4) is 0 Å². The Hall–Kier alpha value is -1.68. The zero-order valence-corrected chi connectivity index (χ0v) is 15.7. The van der Waals surface area contributed by atoms with E-state index in [4.69, 9.17) is 0 Å². The summed E-state index contributed by atoms with van der Waals surface area (Å²) >= 11 is 6.20. The molecule has 130 valence electrons. The predicted octanol–water partition coefficient (Wildman–Crippen LogP) is 4.38. The van der Waals surface area contributed by atoms with Crippen molar-refractivity contribution >= 4 is 44.5 Å². The lowest BCUT2D eigenvalue weighted by atomic mass is 10.1. The minimum Gasteiger partial charge on any atom is -0.386 e. The summed E-state index contributed by atoms with van der Waals surface area (Å²) in [5.74, 6) is -2.06. The Bertz CT molecular complexity index is 913. The number of carbonyl (C=O) groups is 1. The number of rotatable bonds is 5. The minimum absolute atomic E-state index is 0.0795. The van der Waals surface area contributed by atoms with Crippen LogP contribution in [0.2, 0.25) is 0 Å². The fourth-order valence-corrected chi connectivity index (χ4v) is 4.39. The third-order valence-electron chi connectivity index (χ3n) is 3.29. The summed E-state index contributed by atoms with van der Waals surface area (Å²) in [6.45, 7) is -0.210. The number of halogens is 3. The molecule has 9 heteroatoms. The maximum absolute atomic E-state index is 13.6. The number of carbonyl (C=O) groups excluding carboxylic acids is 1. The highest BCUT2D eigenvalue weighted by Crippen LogP contribution is 2.32.